The summed E-state index contributed by atoms with van der Waals surface area (Å²) in [5, 5.41) is 20.4. The summed E-state index contributed by atoms with van der Waals surface area (Å²) in [5.41, 5.74) is -0.653. The van der Waals surface area contributed by atoms with Crippen molar-refractivity contribution in [3.05, 3.63) is 35.4 Å². The van der Waals surface area contributed by atoms with Crippen LogP contribution in [0.15, 0.2) is 24.3 Å². The van der Waals surface area contributed by atoms with Gasteiger partial charge in [0.2, 0.25) is 0 Å². The third-order valence-corrected chi connectivity index (χ3v) is 3.22. The van der Waals surface area contributed by atoms with Crippen LogP contribution in [0, 0.1) is 0 Å². The number of aliphatic hydroxyl groups is 2. The number of aliphatic hydroxyl groups excluding tert-OH is 1. The number of benzene rings is 1. The minimum atomic E-state index is -1.59. The van der Waals surface area contributed by atoms with E-state index in [4.69, 9.17) is 0 Å². The summed E-state index contributed by atoms with van der Waals surface area (Å²) < 4.78 is 0. The number of fused-ring (bicyclic) bond motifs is 1. The summed E-state index contributed by atoms with van der Waals surface area (Å²) in [4.78, 5) is 13.1. The first-order valence-electron chi connectivity index (χ1n) is 5.31. The molecule has 4 heteroatoms. The molecule has 0 fully saturated rings. The zero-order chi connectivity index (χ0) is 11.9. The van der Waals surface area contributed by atoms with Gasteiger partial charge < -0.3 is 15.1 Å². The number of carbonyl (C=O) groups excluding carboxylic acids is 1. The first kappa shape index (κ1) is 11.1. The van der Waals surface area contributed by atoms with Crippen molar-refractivity contribution in [1.29, 1.82) is 0 Å². The largest absolute Gasteiger partial charge is 0.388 e. The monoisotopic (exact) mass is 221 g/mol. The fourth-order valence-electron chi connectivity index (χ4n) is 2.19. The minimum absolute atomic E-state index is 0.259. The van der Waals surface area contributed by atoms with Gasteiger partial charge in [0.1, 0.15) is 6.10 Å². The number of amides is 1. The smallest absolute Gasteiger partial charge is 0.256 e. The van der Waals surface area contributed by atoms with E-state index in [1.165, 1.54) is 11.9 Å². The summed E-state index contributed by atoms with van der Waals surface area (Å²) in [5.74, 6) is -0.259. The van der Waals surface area contributed by atoms with Crippen molar-refractivity contribution in [2.45, 2.75) is 25.2 Å². The van der Waals surface area contributed by atoms with Gasteiger partial charge in [-0.3, -0.25) is 4.79 Å². The Morgan fingerprint density at radius 2 is 2.06 bits per heavy atom. The van der Waals surface area contributed by atoms with Gasteiger partial charge in [0.15, 0.2) is 5.72 Å². The molecular formula is C12H15NO3. The molecule has 1 aliphatic heterocycles. The molecule has 0 bridgehead atoms. The van der Waals surface area contributed by atoms with Gasteiger partial charge in [0.25, 0.3) is 5.91 Å². The van der Waals surface area contributed by atoms with Crippen LogP contribution in [0.25, 0.3) is 0 Å². The summed E-state index contributed by atoms with van der Waals surface area (Å²) in [6.45, 7) is 1.77. The molecule has 2 N–H and O–H groups in total. The van der Waals surface area contributed by atoms with Crippen molar-refractivity contribution >= 4 is 5.91 Å². The fraction of sp³-hybridized carbons (Fsp3) is 0.417. The van der Waals surface area contributed by atoms with Crippen molar-refractivity contribution in [2.24, 2.45) is 0 Å². The second-order valence-corrected chi connectivity index (χ2v) is 4.06. The van der Waals surface area contributed by atoms with Gasteiger partial charge in [-0.25, -0.2) is 0 Å². The lowest BCUT2D eigenvalue weighted by Crippen LogP contribution is -2.49. The Kier molecular flexibility index (Phi) is 2.48. The van der Waals surface area contributed by atoms with Crippen LogP contribution in [0.5, 0.6) is 0 Å². The average Bonchev–Trinajstić information content (AvgIpc) is 2.52. The van der Waals surface area contributed by atoms with Gasteiger partial charge in [0, 0.05) is 18.2 Å². The zero-order valence-corrected chi connectivity index (χ0v) is 9.34. The molecule has 2 unspecified atom stereocenters. The van der Waals surface area contributed by atoms with Crippen LogP contribution < -0.4 is 0 Å². The van der Waals surface area contributed by atoms with Gasteiger partial charge in [-0.1, -0.05) is 25.1 Å². The van der Waals surface area contributed by atoms with Crippen LogP contribution in [0.3, 0.4) is 0 Å². The average molecular weight is 221 g/mol. The maximum Gasteiger partial charge on any atom is 0.256 e. The Balaban J connectivity index is 2.60. The number of carbonyl (C=O) groups is 1. The Hall–Kier alpha value is -1.39. The lowest BCUT2D eigenvalue weighted by atomic mass is 9.95. The van der Waals surface area contributed by atoms with E-state index in [0.29, 0.717) is 17.5 Å². The third-order valence-electron chi connectivity index (χ3n) is 3.22. The zero-order valence-electron chi connectivity index (χ0n) is 9.34. The summed E-state index contributed by atoms with van der Waals surface area (Å²) in [6.07, 6.45) is -0.604. The van der Waals surface area contributed by atoms with E-state index in [1.54, 1.807) is 31.2 Å². The molecule has 0 spiro atoms. The predicted octanol–water partition coefficient (Wildman–Crippen LogP) is 0.688. The van der Waals surface area contributed by atoms with Gasteiger partial charge in [0.05, 0.1) is 0 Å². The predicted molar refractivity (Wildman–Crippen MR) is 58.7 cm³/mol. The second kappa shape index (κ2) is 3.57. The molecule has 86 valence electrons. The second-order valence-electron chi connectivity index (χ2n) is 4.06. The molecule has 1 aromatic carbocycles. The van der Waals surface area contributed by atoms with E-state index in [1.807, 2.05) is 0 Å². The quantitative estimate of drug-likeness (QED) is 0.772. The number of likely N-dealkylation sites (N-methyl/N-ethyl adjacent to an activating group) is 1. The van der Waals surface area contributed by atoms with Crippen molar-refractivity contribution in [1.82, 2.24) is 4.90 Å². The van der Waals surface area contributed by atoms with Crippen molar-refractivity contribution < 1.29 is 15.0 Å². The van der Waals surface area contributed by atoms with Crippen LogP contribution in [0.2, 0.25) is 0 Å². The summed E-state index contributed by atoms with van der Waals surface area (Å²) in [7, 11) is 1.50. The molecule has 0 radical (unpaired) electrons. The third kappa shape index (κ3) is 1.20. The minimum Gasteiger partial charge on any atom is -0.388 e. The molecule has 1 aromatic rings. The lowest BCUT2D eigenvalue weighted by Gasteiger charge is -2.35. The first-order chi connectivity index (χ1) is 7.53. The van der Waals surface area contributed by atoms with E-state index in [0.717, 1.165) is 0 Å². The number of hydrogen-bond donors (Lipinski definition) is 2. The van der Waals surface area contributed by atoms with Crippen molar-refractivity contribution in [2.75, 3.05) is 7.05 Å². The molecule has 0 saturated heterocycles. The van der Waals surface area contributed by atoms with Crippen LogP contribution in [0.4, 0.5) is 0 Å². The molecule has 2 rings (SSSR count). The summed E-state index contributed by atoms with van der Waals surface area (Å²) >= 11 is 0. The molecule has 1 amide bonds. The van der Waals surface area contributed by atoms with E-state index in [9.17, 15) is 15.0 Å². The van der Waals surface area contributed by atoms with Gasteiger partial charge in [-0.2, -0.15) is 0 Å². The van der Waals surface area contributed by atoms with Crippen LogP contribution >= 0.6 is 0 Å². The normalized spacial score (nSPS) is 25.8. The van der Waals surface area contributed by atoms with Crippen LogP contribution in [0.1, 0.15) is 29.3 Å². The molecule has 0 aliphatic carbocycles. The van der Waals surface area contributed by atoms with Gasteiger partial charge in [-0.15, -0.1) is 0 Å². The molecule has 1 aliphatic rings. The maximum absolute atomic E-state index is 11.9. The highest BCUT2D eigenvalue weighted by Crippen LogP contribution is 2.39. The maximum atomic E-state index is 11.9. The fourth-order valence-corrected chi connectivity index (χ4v) is 2.19. The lowest BCUT2D eigenvalue weighted by molar-refractivity contribution is -0.154. The number of hydrogen-bond acceptors (Lipinski definition) is 3. The molecule has 0 saturated carbocycles. The topological polar surface area (TPSA) is 60.8 Å². The molecule has 1 heterocycles. The highest BCUT2D eigenvalue weighted by atomic mass is 16.4. The van der Waals surface area contributed by atoms with E-state index in [-0.39, 0.29) is 5.91 Å². The molecule has 2 atom stereocenters. The Morgan fingerprint density at radius 3 is 2.69 bits per heavy atom. The van der Waals surface area contributed by atoms with Crippen LogP contribution in [-0.4, -0.2) is 34.2 Å². The number of nitrogens with zero attached hydrogens (tertiary/aromatic N) is 1. The van der Waals surface area contributed by atoms with Crippen LogP contribution in [-0.2, 0) is 5.72 Å². The van der Waals surface area contributed by atoms with Gasteiger partial charge in [-0.05, 0) is 12.5 Å². The highest BCUT2D eigenvalue weighted by molar-refractivity contribution is 5.99. The first-order valence-corrected chi connectivity index (χ1v) is 5.31. The number of rotatable bonds is 2. The van der Waals surface area contributed by atoms with E-state index in [2.05, 4.69) is 0 Å². The Bertz CT molecular complexity index is 432. The summed E-state index contributed by atoms with van der Waals surface area (Å²) in [6, 6.07) is 6.83. The standard InChI is InChI=1S/C12H15NO3/c1-3-10(14)12(16)9-7-5-4-6-8(9)11(15)13(12)2/h4-7,10,14,16H,3H2,1-2H3. The van der Waals surface area contributed by atoms with E-state index < -0.39 is 11.8 Å². The molecule has 16 heavy (non-hydrogen) atoms. The van der Waals surface area contributed by atoms with E-state index >= 15 is 0 Å². The van der Waals surface area contributed by atoms with Crippen molar-refractivity contribution in [3.8, 4) is 0 Å². The molecule has 0 aromatic heterocycles. The van der Waals surface area contributed by atoms with Gasteiger partial charge >= 0.3 is 0 Å². The Morgan fingerprint density at radius 1 is 1.44 bits per heavy atom. The van der Waals surface area contributed by atoms with Crippen molar-refractivity contribution in [3.63, 3.8) is 0 Å². The molecule has 4 nitrogen and oxygen atoms in total. The SMILES string of the molecule is CCC(O)C1(O)c2ccccc2C(=O)N1C. The highest BCUT2D eigenvalue weighted by Gasteiger charge is 2.50. The molecular weight excluding hydrogens is 206 g/mol. The Labute approximate surface area is 94.1 Å².